The molecule has 1 aliphatic carbocycles. The highest BCUT2D eigenvalue weighted by Gasteiger charge is 2.33. The van der Waals surface area contributed by atoms with E-state index in [1.807, 2.05) is 19.9 Å². The van der Waals surface area contributed by atoms with Gasteiger partial charge in [0, 0.05) is 11.7 Å². The van der Waals surface area contributed by atoms with Gasteiger partial charge >= 0.3 is 0 Å². The Morgan fingerprint density at radius 3 is 2.70 bits per heavy atom. The first-order valence-electron chi connectivity index (χ1n) is 7.36. The number of pyridine rings is 1. The predicted octanol–water partition coefficient (Wildman–Crippen LogP) is 3.71. The molecule has 0 saturated heterocycles. The normalized spacial score (nSPS) is 21.5. The molecule has 1 aliphatic rings. The first-order valence-corrected chi connectivity index (χ1v) is 7.76. The Morgan fingerprint density at radius 2 is 2.10 bits per heavy atom. The van der Waals surface area contributed by atoms with Gasteiger partial charge in [-0.05, 0) is 43.7 Å². The van der Waals surface area contributed by atoms with Crippen molar-refractivity contribution >= 4 is 23.0 Å². The van der Waals surface area contributed by atoms with Gasteiger partial charge in [-0.15, -0.1) is 0 Å². The molecule has 110 valence electrons. The summed E-state index contributed by atoms with van der Waals surface area (Å²) in [6.45, 7) is 8.70. The summed E-state index contributed by atoms with van der Waals surface area (Å²) >= 11 is 5.20. The van der Waals surface area contributed by atoms with Gasteiger partial charge in [0.2, 0.25) is 0 Å². The van der Waals surface area contributed by atoms with Gasteiger partial charge < -0.3 is 11.1 Å². The Labute approximate surface area is 127 Å². The summed E-state index contributed by atoms with van der Waals surface area (Å²) in [7, 11) is 0. The number of thiocarbonyl (C=S) groups is 1. The third-order valence-corrected chi connectivity index (χ3v) is 4.61. The summed E-state index contributed by atoms with van der Waals surface area (Å²) in [5.74, 6) is 0.856. The van der Waals surface area contributed by atoms with Crippen LogP contribution in [0.15, 0.2) is 6.07 Å². The molecule has 0 spiro atoms. The zero-order valence-corrected chi connectivity index (χ0v) is 13.7. The number of nitrogens with one attached hydrogen (secondary N) is 1. The Morgan fingerprint density at radius 1 is 1.40 bits per heavy atom. The van der Waals surface area contributed by atoms with Crippen molar-refractivity contribution in [1.29, 1.82) is 0 Å². The van der Waals surface area contributed by atoms with Crippen molar-refractivity contribution in [3.8, 4) is 0 Å². The third-order valence-electron chi connectivity index (χ3n) is 4.41. The molecular formula is C16H25N3S. The van der Waals surface area contributed by atoms with Crippen LogP contribution in [0, 0.1) is 19.3 Å². The van der Waals surface area contributed by atoms with Crippen molar-refractivity contribution in [3.05, 3.63) is 22.9 Å². The maximum Gasteiger partial charge on any atom is 0.137 e. The monoisotopic (exact) mass is 291 g/mol. The fourth-order valence-electron chi connectivity index (χ4n) is 3.18. The summed E-state index contributed by atoms with van der Waals surface area (Å²) in [5, 5.41) is 3.62. The van der Waals surface area contributed by atoms with E-state index < -0.39 is 0 Å². The van der Waals surface area contributed by atoms with Gasteiger partial charge in [0.25, 0.3) is 0 Å². The van der Waals surface area contributed by atoms with Gasteiger partial charge in [-0.2, -0.15) is 0 Å². The number of aromatic nitrogens is 1. The van der Waals surface area contributed by atoms with E-state index in [2.05, 4.69) is 24.1 Å². The standard InChI is InChI=1S/C16H25N3S/c1-10-9-11(2)18-15(13(10)14(17)20)19-12-7-5-6-8-16(12,3)4/h9,12H,5-8H2,1-4H3,(H2,17,20)(H,18,19). The lowest BCUT2D eigenvalue weighted by Crippen LogP contribution is -2.39. The van der Waals surface area contributed by atoms with Crippen LogP contribution in [0.1, 0.15) is 56.4 Å². The lowest BCUT2D eigenvalue weighted by molar-refractivity contribution is 0.216. The number of rotatable bonds is 3. The average molecular weight is 291 g/mol. The fraction of sp³-hybridized carbons (Fsp3) is 0.625. The molecule has 4 heteroatoms. The number of nitrogens with zero attached hydrogens (tertiary/aromatic N) is 1. The second-order valence-corrected chi connectivity index (χ2v) is 7.04. The molecule has 0 radical (unpaired) electrons. The molecule has 1 fully saturated rings. The largest absolute Gasteiger partial charge is 0.389 e. The van der Waals surface area contributed by atoms with Crippen LogP contribution in [-0.2, 0) is 0 Å². The molecule has 3 nitrogen and oxygen atoms in total. The maximum atomic E-state index is 5.89. The molecule has 0 aromatic carbocycles. The molecule has 1 saturated carbocycles. The summed E-state index contributed by atoms with van der Waals surface area (Å²) in [6, 6.07) is 2.46. The highest BCUT2D eigenvalue weighted by atomic mass is 32.1. The second-order valence-electron chi connectivity index (χ2n) is 6.60. The molecule has 2 rings (SSSR count). The molecule has 3 N–H and O–H groups in total. The van der Waals surface area contributed by atoms with Gasteiger partial charge in [0.05, 0.1) is 5.56 Å². The van der Waals surface area contributed by atoms with Crippen molar-refractivity contribution < 1.29 is 0 Å². The van der Waals surface area contributed by atoms with Crippen LogP contribution in [0.5, 0.6) is 0 Å². The predicted molar refractivity (Wildman–Crippen MR) is 89.3 cm³/mol. The lowest BCUT2D eigenvalue weighted by Gasteiger charge is -2.39. The van der Waals surface area contributed by atoms with Crippen LogP contribution < -0.4 is 11.1 Å². The minimum absolute atomic E-state index is 0.283. The minimum Gasteiger partial charge on any atom is -0.389 e. The molecule has 0 amide bonds. The van der Waals surface area contributed by atoms with Crippen molar-refractivity contribution in [3.63, 3.8) is 0 Å². The summed E-state index contributed by atoms with van der Waals surface area (Å²) < 4.78 is 0. The van der Waals surface area contributed by atoms with Gasteiger partial charge in [0.15, 0.2) is 0 Å². The fourth-order valence-corrected chi connectivity index (χ4v) is 3.44. The van der Waals surface area contributed by atoms with Crippen LogP contribution in [-0.4, -0.2) is 16.0 Å². The number of nitrogens with two attached hydrogens (primary N) is 1. The minimum atomic E-state index is 0.283. The molecule has 20 heavy (non-hydrogen) atoms. The van der Waals surface area contributed by atoms with Crippen molar-refractivity contribution in [2.24, 2.45) is 11.1 Å². The van der Waals surface area contributed by atoms with E-state index in [9.17, 15) is 0 Å². The Kier molecular flexibility index (Phi) is 4.33. The number of hydrogen-bond acceptors (Lipinski definition) is 3. The van der Waals surface area contributed by atoms with Crippen LogP contribution in [0.25, 0.3) is 0 Å². The molecular weight excluding hydrogens is 266 g/mol. The maximum absolute atomic E-state index is 5.89. The molecule has 1 atom stereocenters. The van der Waals surface area contributed by atoms with Crippen LogP contribution in [0.3, 0.4) is 0 Å². The third kappa shape index (κ3) is 3.11. The molecule has 1 unspecified atom stereocenters. The topological polar surface area (TPSA) is 50.9 Å². The Balaban J connectivity index is 2.35. The molecule has 0 bridgehead atoms. The summed E-state index contributed by atoms with van der Waals surface area (Å²) in [6.07, 6.45) is 5.01. The molecule has 0 aliphatic heterocycles. The van der Waals surface area contributed by atoms with E-state index >= 15 is 0 Å². The zero-order valence-electron chi connectivity index (χ0n) is 12.9. The smallest absolute Gasteiger partial charge is 0.137 e. The highest BCUT2D eigenvalue weighted by molar-refractivity contribution is 7.80. The van der Waals surface area contributed by atoms with E-state index in [4.69, 9.17) is 18.0 Å². The molecule has 1 heterocycles. The highest BCUT2D eigenvalue weighted by Crippen LogP contribution is 2.37. The van der Waals surface area contributed by atoms with E-state index in [-0.39, 0.29) is 5.41 Å². The van der Waals surface area contributed by atoms with E-state index in [0.29, 0.717) is 11.0 Å². The Bertz CT molecular complexity index is 523. The van der Waals surface area contributed by atoms with Crippen LogP contribution in [0.2, 0.25) is 0 Å². The zero-order chi connectivity index (χ0) is 14.9. The number of anilines is 1. The second kappa shape index (κ2) is 5.68. The number of aryl methyl sites for hydroxylation is 2. The number of hydrogen-bond donors (Lipinski definition) is 2. The molecule has 1 aromatic rings. The van der Waals surface area contributed by atoms with E-state index in [1.165, 1.54) is 25.7 Å². The van der Waals surface area contributed by atoms with Crippen molar-refractivity contribution in [2.75, 3.05) is 5.32 Å². The van der Waals surface area contributed by atoms with Gasteiger partial charge in [-0.1, -0.05) is 38.9 Å². The van der Waals surface area contributed by atoms with Crippen LogP contribution in [0.4, 0.5) is 5.82 Å². The van der Waals surface area contributed by atoms with Crippen molar-refractivity contribution in [1.82, 2.24) is 4.98 Å². The average Bonchev–Trinajstić information content (AvgIpc) is 2.30. The molecule has 1 aromatic heterocycles. The summed E-state index contributed by atoms with van der Waals surface area (Å²) in [5.41, 5.74) is 9.16. The van der Waals surface area contributed by atoms with Gasteiger partial charge in [0.1, 0.15) is 10.8 Å². The summed E-state index contributed by atoms with van der Waals surface area (Å²) in [4.78, 5) is 5.06. The van der Waals surface area contributed by atoms with Crippen molar-refractivity contribution in [2.45, 2.75) is 59.4 Å². The SMILES string of the molecule is Cc1cc(C)c(C(N)=S)c(NC2CCCCC2(C)C)n1. The quantitative estimate of drug-likeness (QED) is 0.834. The van der Waals surface area contributed by atoms with E-state index in [1.54, 1.807) is 0 Å². The van der Waals surface area contributed by atoms with Gasteiger partial charge in [-0.3, -0.25) is 0 Å². The van der Waals surface area contributed by atoms with Gasteiger partial charge in [-0.25, -0.2) is 4.98 Å². The first-order chi connectivity index (χ1) is 9.31. The van der Waals surface area contributed by atoms with E-state index in [0.717, 1.165) is 22.6 Å². The lowest BCUT2D eigenvalue weighted by atomic mass is 9.73. The Hall–Kier alpha value is -1.16. The first kappa shape index (κ1) is 15.2. The van der Waals surface area contributed by atoms with Crippen LogP contribution >= 0.6 is 12.2 Å².